The lowest BCUT2D eigenvalue weighted by Crippen LogP contribution is -1.49. The zero-order valence-electron chi connectivity index (χ0n) is 2.84. The summed E-state index contributed by atoms with van der Waals surface area (Å²) in [5.74, 6) is 0. The Morgan fingerprint density at radius 2 is 2.20 bits per heavy atom. The van der Waals surface area contributed by atoms with Crippen molar-refractivity contribution < 1.29 is 9.09 Å². The second-order valence-corrected chi connectivity index (χ2v) is 2.67. The van der Waals surface area contributed by atoms with Crippen LogP contribution in [0.3, 0.4) is 0 Å². The molecule has 2 nitrogen and oxygen atoms in total. The van der Waals surface area contributed by atoms with Gasteiger partial charge in [0.1, 0.15) is 0 Å². The molecule has 0 aliphatic carbocycles. The highest BCUT2D eigenvalue weighted by molar-refractivity contribution is 8.03. The molecule has 0 N–H and O–H groups in total. The van der Waals surface area contributed by atoms with Crippen molar-refractivity contribution in [1.82, 2.24) is 0 Å². The zero-order chi connectivity index (χ0) is 4.28. The molecule has 0 saturated heterocycles. The quantitative estimate of drug-likeness (QED) is 0.474. The van der Waals surface area contributed by atoms with Gasteiger partial charge in [0.15, 0.2) is 8.93 Å². The Labute approximate surface area is 33.9 Å². The van der Waals surface area contributed by atoms with E-state index in [9.17, 15) is 4.57 Å². The first-order chi connectivity index (χ1) is 2.27. The maximum atomic E-state index is 9.70. The first-order valence-corrected chi connectivity index (χ1v) is 3.83. The fraction of sp³-hybridized carbons (Fsp3) is 1.00. The molecule has 5 heavy (non-hydrogen) atoms. The van der Waals surface area contributed by atoms with Crippen LogP contribution in [0.4, 0.5) is 0 Å². The van der Waals surface area contributed by atoms with Crippen molar-refractivity contribution in [3.63, 3.8) is 0 Å². The van der Waals surface area contributed by atoms with Gasteiger partial charge in [0, 0.05) is 0 Å². The minimum atomic E-state index is -1.43. The smallest absolute Gasteiger partial charge is 0.148 e. The molecule has 0 amide bonds. The summed E-state index contributed by atoms with van der Waals surface area (Å²) in [5, 5.41) is 0. The average Bonchev–Trinajstić information content (AvgIpc) is 1.38. The summed E-state index contributed by atoms with van der Waals surface area (Å²) >= 11 is 0. The number of hydrogen-bond acceptors (Lipinski definition) is 2. The molecule has 0 spiro atoms. The average molecular weight is 111 g/mol. The molecule has 2 atom stereocenters. The van der Waals surface area contributed by atoms with E-state index in [-0.39, 0.29) is 0 Å². The minimum absolute atomic E-state index is 1.39. The Hall–Kier alpha value is 0.490. The van der Waals surface area contributed by atoms with Crippen LogP contribution in [0.5, 0.6) is 0 Å². The predicted molar refractivity (Wildman–Crippen MR) is 24.3 cm³/mol. The molecule has 0 saturated carbocycles. The van der Waals surface area contributed by atoms with E-state index in [2.05, 4.69) is 4.52 Å². The summed E-state index contributed by atoms with van der Waals surface area (Å²) in [6, 6.07) is 0. The van der Waals surface area contributed by atoms with Gasteiger partial charge in [0.2, 0.25) is 0 Å². The molecular formula is CH5O2P2+. The summed E-state index contributed by atoms with van der Waals surface area (Å²) in [6.45, 7) is 0. The van der Waals surface area contributed by atoms with Crippen LogP contribution >= 0.6 is 16.6 Å². The van der Waals surface area contributed by atoms with E-state index in [4.69, 9.17) is 0 Å². The van der Waals surface area contributed by atoms with E-state index in [1.54, 1.807) is 0 Å². The SMILES string of the molecule is CO[P+](=O)P. The standard InChI is InChI=1S/CH5O2P2/c1-3-5(2)4/h4H2,1H3/q+1. The Bertz CT molecular complexity index is 42.9. The molecule has 30 valence electrons. The van der Waals surface area contributed by atoms with Gasteiger partial charge in [-0.2, -0.15) is 0 Å². The molecule has 0 bridgehead atoms. The molecule has 0 aromatic heterocycles. The van der Waals surface area contributed by atoms with Crippen molar-refractivity contribution in [3.05, 3.63) is 0 Å². The third kappa shape index (κ3) is 4.49. The van der Waals surface area contributed by atoms with Crippen LogP contribution in [0, 0.1) is 0 Å². The van der Waals surface area contributed by atoms with Crippen LogP contribution in [0.25, 0.3) is 0 Å². The first kappa shape index (κ1) is 5.49. The van der Waals surface area contributed by atoms with Crippen molar-refractivity contribution >= 4 is 16.6 Å². The van der Waals surface area contributed by atoms with Gasteiger partial charge in [-0.3, -0.25) is 0 Å². The molecule has 0 aromatic rings. The van der Waals surface area contributed by atoms with Gasteiger partial charge in [-0.15, -0.1) is 4.52 Å². The van der Waals surface area contributed by atoms with Gasteiger partial charge in [-0.25, -0.2) is 0 Å². The van der Waals surface area contributed by atoms with E-state index in [1.165, 1.54) is 7.11 Å². The second kappa shape index (κ2) is 2.71. The topological polar surface area (TPSA) is 26.3 Å². The summed E-state index contributed by atoms with van der Waals surface area (Å²) in [6.07, 6.45) is 0. The molecule has 0 radical (unpaired) electrons. The van der Waals surface area contributed by atoms with Crippen LogP contribution in [-0.4, -0.2) is 7.11 Å². The zero-order valence-corrected chi connectivity index (χ0v) is 4.89. The Morgan fingerprint density at radius 1 is 2.00 bits per heavy atom. The van der Waals surface area contributed by atoms with Crippen LogP contribution in [0.2, 0.25) is 0 Å². The van der Waals surface area contributed by atoms with Crippen molar-refractivity contribution in [2.24, 2.45) is 0 Å². The van der Waals surface area contributed by atoms with Gasteiger partial charge in [0.05, 0.1) is 7.11 Å². The normalized spacial score (nSPS) is 11.2. The maximum Gasteiger partial charge on any atom is 0.516 e. The van der Waals surface area contributed by atoms with Crippen molar-refractivity contribution in [2.75, 3.05) is 7.11 Å². The highest BCUT2D eigenvalue weighted by atomic mass is 32.0. The van der Waals surface area contributed by atoms with Crippen molar-refractivity contribution in [1.29, 1.82) is 0 Å². The third-order valence-corrected chi connectivity index (χ3v) is 1.17. The molecule has 0 rings (SSSR count). The van der Waals surface area contributed by atoms with E-state index in [0.717, 1.165) is 0 Å². The molecule has 0 aliphatic heterocycles. The lowest BCUT2D eigenvalue weighted by molar-refractivity contribution is 0.428. The number of rotatable bonds is 1. The largest absolute Gasteiger partial charge is 0.516 e. The van der Waals surface area contributed by atoms with Crippen LogP contribution in [-0.2, 0) is 9.09 Å². The first-order valence-electron chi connectivity index (χ1n) is 1.03. The molecule has 4 heteroatoms. The Kier molecular flexibility index (Phi) is 2.98. The van der Waals surface area contributed by atoms with Gasteiger partial charge in [-0.05, 0) is 4.57 Å². The third-order valence-electron chi connectivity index (χ3n) is 0.180. The fourth-order valence-corrected chi connectivity index (χ4v) is 0. The molecule has 0 aromatic carbocycles. The van der Waals surface area contributed by atoms with Gasteiger partial charge >= 0.3 is 7.72 Å². The van der Waals surface area contributed by atoms with Crippen LogP contribution in [0.15, 0.2) is 0 Å². The molecular weight excluding hydrogens is 106 g/mol. The van der Waals surface area contributed by atoms with Crippen LogP contribution < -0.4 is 0 Å². The molecule has 2 unspecified atom stereocenters. The highest BCUT2D eigenvalue weighted by Crippen LogP contribution is 2.29. The van der Waals surface area contributed by atoms with Crippen molar-refractivity contribution in [3.8, 4) is 0 Å². The molecule has 0 aliphatic rings. The van der Waals surface area contributed by atoms with Gasteiger partial charge < -0.3 is 0 Å². The van der Waals surface area contributed by atoms with Gasteiger partial charge in [-0.1, -0.05) is 0 Å². The summed E-state index contributed by atoms with van der Waals surface area (Å²) in [4.78, 5) is 0. The lowest BCUT2D eigenvalue weighted by Gasteiger charge is -1.58. The van der Waals surface area contributed by atoms with E-state index in [0.29, 0.717) is 0 Å². The lowest BCUT2D eigenvalue weighted by atomic mass is 11.8. The molecule has 0 heterocycles. The fourth-order valence-electron chi connectivity index (χ4n) is 0. The monoisotopic (exact) mass is 111 g/mol. The van der Waals surface area contributed by atoms with Crippen LogP contribution in [0.1, 0.15) is 0 Å². The van der Waals surface area contributed by atoms with E-state index in [1.807, 2.05) is 8.93 Å². The van der Waals surface area contributed by atoms with E-state index < -0.39 is 7.72 Å². The number of hydrogen-bond donors (Lipinski definition) is 0. The van der Waals surface area contributed by atoms with Crippen molar-refractivity contribution in [2.45, 2.75) is 0 Å². The minimum Gasteiger partial charge on any atom is -0.148 e. The summed E-state index contributed by atoms with van der Waals surface area (Å²) in [5.41, 5.74) is 0. The predicted octanol–water partition coefficient (Wildman–Crippen LogP) is 1.17. The molecule has 0 fully saturated rings. The van der Waals surface area contributed by atoms with Gasteiger partial charge in [0.25, 0.3) is 0 Å². The summed E-state index contributed by atoms with van der Waals surface area (Å²) in [7, 11) is 1.98. The van der Waals surface area contributed by atoms with E-state index >= 15 is 0 Å². The summed E-state index contributed by atoms with van der Waals surface area (Å²) < 4.78 is 13.9. The second-order valence-electron chi connectivity index (χ2n) is 0.468. The Balaban J connectivity index is 2.85. The highest BCUT2D eigenvalue weighted by Gasteiger charge is 1.96. The maximum absolute atomic E-state index is 9.70. The Morgan fingerprint density at radius 3 is 2.20 bits per heavy atom.